The molecular formula is C23H27FN6O2. The van der Waals surface area contributed by atoms with E-state index in [4.69, 9.17) is 4.74 Å². The molecule has 0 bridgehead atoms. The Morgan fingerprint density at radius 1 is 1.12 bits per heavy atom. The average Bonchev–Trinajstić information content (AvgIpc) is 3.45. The van der Waals surface area contributed by atoms with Gasteiger partial charge in [0.05, 0.1) is 5.69 Å². The zero-order valence-electron chi connectivity index (χ0n) is 18.5. The summed E-state index contributed by atoms with van der Waals surface area (Å²) in [5.41, 5.74) is 2.55. The number of anilines is 2. The Labute approximate surface area is 186 Å². The largest absolute Gasteiger partial charge is 0.459 e. The highest BCUT2D eigenvalue weighted by Gasteiger charge is 2.21. The van der Waals surface area contributed by atoms with E-state index < -0.39 is 5.85 Å². The second-order valence-electron chi connectivity index (χ2n) is 8.27. The van der Waals surface area contributed by atoms with Crippen molar-refractivity contribution in [3.8, 4) is 17.1 Å². The predicted molar refractivity (Wildman–Crippen MR) is 119 cm³/mol. The van der Waals surface area contributed by atoms with Gasteiger partial charge in [0.25, 0.3) is 0 Å². The fourth-order valence-electron chi connectivity index (χ4n) is 3.72. The number of para-hydroxylation sites is 1. The van der Waals surface area contributed by atoms with Crippen LogP contribution in [0.25, 0.3) is 11.4 Å². The quantitative estimate of drug-likeness (QED) is 0.558. The van der Waals surface area contributed by atoms with Gasteiger partial charge in [0.15, 0.2) is 0 Å². The van der Waals surface area contributed by atoms with E-state index in [9.17, 15) is 9.18 Å². The molecule has 8 nitrogen and oxygen atoms in total. The van der Waals surface area contributed by atoms with Gasteiger partial charge in [-0.25, -0.2) is 0 Å². The number of rotatable bonds is 7. The maximum atomic E-state index is 13.7. The maximum absolute atomic E-state index is 13.7. The lowest BCUT2D eigenvalue weighted by Crippen LogP contribution is -2.31. The molecule has 9 heteroatoms. The smallest absolute Gasteiger partial charge is 0.246 e. The Hall–Kier alpha value is -3.49. The fourth-order valence-corrected chi connectivity index (χ4v) is 3.72. The first-order valence-corrected chi connectivity index (χ1v) is 10.7. The minimum absolute atomic E-state index is 0.00983. The van der Waals surface area contributed by atoms with Crippen LogP contribution in [0.3, 0.4) is 0 Å². The third-order valence-corrected chi connectivity index (χ3v) is 5.28. The first-order chi connectivity index (χ1) is 15.3. The van der Waals surface area contributed by atoms with Crippen LogP contribution in [0, 0.1) is 0 Å². The van der Waals surface area contributed by atoms with Crippen LogP contribution >= 0.6 is 0 Å². The van der Waals surface area contributed by atoms with Crippen LogP contribution in [0.5, 0.6) is 5.75 Å². The number of hydrogen-bond donors (Lipinski definition) is 0. The fraction of sp³-hybridized carbons (Fsp3) is 0.391. The molecule has 1 fully saturated rings. The van der Waals surface area contributed by atoms with Crippen LogP contribution < -0.4 is 9.64 Å². The molecular weight excluding hydrogens is 411 g/mol. The number of tetrazole rings is 1. The minimum Gasteiger partial charge on any atom is -0.459 e. The number of halogens is 1. The van der Waals surface area contributed by atoms with E-state index in [2.05, 4.69) is 15.4 Å². The normalized spacial score (nSPS) is 13.9. The summed E-state index contributed by atoms with van der Waals surface area (Å²) in [4.78, 5) is 17.6. The van der Waals surface area contributed by atoms with Gasteiger partial charge in [-0.2, -0.15) is 9.19 Å². The number of ether oxygens (including phenoxy) is 1. The molecule has 0 spiro atoms. The number of aromatic nitrogens is 4. The van der Waals surface area contributed by atoms with Gasteiger partial charge in [-0.05, 0) is 54.5 Å². The lowest BCUT2D eigenvalue weighted by molar-refractivity contribution is -0.131. The van der Waals surface area contributed by atoms with Gasteiger partial charge in [0.1, 0.15) is 12.3 Å². The van der Waals surface area contributed by atoms with Crippen LogP contribution in [-0.2, 0) is 11.3 Å². The van der Waals surface area contributed by atoms with Crippen molar-refractivity contribution in [3.63, 3.8) is 0 Å². The Kier molecular flexibility index (Phi) is 6.07. The van der Waals surface area contributed by atoms with Gasteiger partial charge >= 0.3 is 0 Å². The lowest BCUT2D eigenvalue weighted by atomic mass is 10.1. The molecule has 2 heterocycles. The third-order valence-electron chi connectivity index (χ3n) is 5.28. The van der Waals surface area contributed by atoms with Gasteiger partial charge in [0.2, 0.25) is 17.6 Å². The van der Waals surface area contributed by atoms with E-state index in [0.29, 0.717) is 11.6 Å². The summed E-state index contributed by atoms with van der Waals surface area (Å²) < 4.78 is 19.0. The molecule has 2 aromatic carbocycles. The standard InChI is InChI=1S/C23H27FN6O2/c1-23(2,24)32-18-12-10-17(11-13-18)28(3)20-9-5-4-8-19(20)22-25-27-30(26-22)16-21(31)29-14-6-7-15-29/h4-5,8-13H,6-7,14-16H2,1-3H3. The zero-order valence-corrected chi connectivity index (χ0v) is 18.5. The van der Waals surface area contributed by atoms with E-state index in [1.807, 2.05) is 53.2 Å². The Bertz CT molecular complexity index is 1070. The van der Waals surface area contributed by atoms with Crippen molar-refractivity contribution in [1.82, 2.24) is 25.1 Å². The highest BCUT2D eigenvalue weighted by Crippen LogP contribution is 2.33. The molecule has 0 unspecified atom stereocenters. The van der Waals surface area contributed by atoms with Crippen molar-refractivity contribution in [2.45, 2.75) is 39.1 Å². The number of amides is 1. The second-order valence-corrected chi connectivity index (χ2v) is 8.27. The number of carbonyl (C=O) groups is 1. The second kappa shape index (κ2) is 8.94. The van der Waals surface area contributed by atoms with E-state index in [-0.39, 0.29) is 12.5 Å². The minimum atomic E-state index is -1.74. The summed E-state index contributed by atoms with van der Waals surface area (Å²) in [5, 5.41) is 12.7. The van der Waals surface area contributed by atoms with Crippen LogP contribution in [0.4, 0.5) is 15.8 Å². The number of nitrogens with zero attached hydrogens (tertiary/aromatic N) is 6. The number of carbonyl (C=O) groups excluding carboxylic acids is 1. The molecule has 4 rings (SSSR count). The van der Waals surface area contributed by atoms with Crippen LogP contribution in [-0.4, -0.2) is 57.0 Å². The van der Waals surface area contributed by atoms with Crippen molar-refractivity contribution >= 4 is 17.3 Å². The van der Waals surface area contributed by atoms with Gasteiger partial charge < -0.3 is 14.5 Å². The van der Waals surface area contributed by atoms with Crippen LogP contribution in [0.2, 0.25) is 0 Å². The highest BCUT2D eigenvalue weighted by atomic mass is 19.2. The van der Waals surface area contributed by atoms with Crippen LogP contribution in [0.1, 0.15) is 26.7 Å². The number of benzene rings is 2. The van der Waals surface area contributed by atoms with E-state index in [1.54, 1.807) is 12.1 Å². The molecule has 1 amide bonds. The molecule has 0 radical (unpaired) electrons. The molecule has 1 aliphatic rings. The lowest BCUT2D eigenvalue weighted by Gasteiger charge is -2.23. The molecule has 0 N–H and O–H groups in total. The monoisotopic (exact) mass is 438 g/mol. The summed E-state index contributed by atoms with van der Waals surface area (Å²) in [6.07, 6.45) is 2.08. The van der Waals surface area contributed by atoms with E-state index in [1.165, 1.54) is 18.6 Å². The molecule has 32 heavy (non-hydrogen) atoms. The Morgan fingerprint density at radius 3 is 2.50 bits per heavy atom. The van der Waals surface area contributed by atoms with Gasteiger partial charge in [-0.15, -0.1) is 10.2 Å². The van der Waals surface area contributed by atoms with Gasteiger partial charge in [-0.3, -0.25) is 4.79 Å². The summed E-state index contributed by atoms with van der Waals surface area (Å²) in [7, 11) is 1.93. The SMILES string of the molecule is CN(c1ccc(OC(C)(C)F)cc1)c1ccccc1-c1nnn(CC(=O)N2CCCC2)n1. The summed E-state index contributed by atoms with van der Waals surface area (Å²) in [5.74, 6) is -0.833. The summed E-state index contributed by atoms with van der Waals surface area (Å²) in [6.45, 7) is 4.39. The topological polar surface area (TPSA) is 76.4 Å². The first kappa shape index (κ1) is 21.7. The molecule has 168 valence electrons. The average molecular weight is 439 g/mol. The maximum Gasteiger partial charge on any atom is 0.246 e. The molecule has 1 saturated heterocycles. The van der Waals surface area contributed by atoms with Crippen LogP contribution in [0.15, 0.2) is 48.5 Å². The number of alkyl halides is 1. The Morgan fingerprint density at radius 2 is 1.81 bits per heavy atom. The third kappa shape index (κ3) is 5.04. The van der Waals surface area contributed by atoms with E-state index in [0.717, 1.165) is 42.9 Å². The van der Waals surface area contributed by atoms with Gasteiger partial charge in [-0.1, -0.05) is 12.1 Å². The molecule has 0 atom stereocenters. The van der Waals surface area contributed by atoms with Gasteiger partial charge in [0, 0.05) is 45.2 Å². The van der Waals surface area contributed by atoms with Crippen molar-refractivity contribution in [2.24, 2.45) is 0 Å². The van der Waals surface area contributed by atoms with Crippen molar-refractivity contribution in [2.75, 3.05) is 25.0 Å². The zero-order chi connectivity index (χ0) is 22.7. The summed E-state index contributed by atoms with van der Waals surface area (Å²) >= 11 is 0. The molecule has 1 aliphatic heterocycles. The van der Waals surface area contributed by atoms with Crippen molar-refractivity contribution in [3.05, 3.63) is 48.5 Å². The van der Waals surface area contributed by atoms with Crippen molar-refractivity contribution < 1.29 is 13.9 Å². The Balaban J connectivity index is 1.53. The van der Waals surface area contributed by atoms with E-state index >= 15 is 0 Å². The predicted octanol–water partition coefficient (Wildman–Crippen LogP) is 3.81. The molecule has 1 aromatic heterocycles. The highest BCUT2D eigenvalue weighted by molar-refractivity contribution is 5.79. The first-order valence-electron chi connectivity index (χ1n) is 10.7. The molecule has 0 aliphatic carbocycles. The number of hydrogen-bond acceptors (Lipinski definition) is 6. The van der Waals surface area contributed by atoms with Crippen molar-refractivity contribution in [1.29, 1.82) is 0 Å². The summed E-state index contributed by atoms with van der Waals surface area (Å²) in [6, 6.07) is 14.9. The molecule has 0 saturated carbocycles. The molecule has 3 aromatic rings. The number of likely N-dealkylation sites (tertiary alicyclic amines) is 1.